The van der Waals surface area contributed by atoms with Gasteiger partial charge in [-0.1, -0.05) is 135 Å². The van der Waals surface area contributed by atoms with Gasteiger partial charge >= 0.3 is 0 Å². The summed E-state index contributed by atoms with van der Waals surface area (Å²) in [6, 6.07) is 66.0. The largest absolute Gasteiger partial charge is 0.457 e. The molecular weight excluding hydrogens is 716 g/mol. The molecule has 0 N–H and O–H groups in total. The van der Waals surface area contributed by atoms with Gasteiger partial charge in [0, 0.05) is 48.9 Å². The van der Waals surface area contributed by atoms with Gasteiger partial charge in [0.15, 0.2) is 7.14 Å². The number of nitrogens with zero attached hydrogens (tertiary/aromatic N) is 2. The van der Waals surface area contributed by atoms with E-state index in [1.165, 1.54) is 0 Å². The van der Waals surface area contributed by atoms with Gasteiger partial charge in [0.1, 0.15) is 11.5 Å². The fourth-order valence-corrected chi connectivity index (χ4v) is 11.2. The lowest BCUT2D eigenvalue weighted by molar-refractivity contribution is 0.418. The first-order valence-corrected chi connectivity index (χ1v) is 20.9. The molecule has 10 rings (SSSR count). The Morgan fingerprint density at radius 3 is 1.54 bits per heavy atom. The second-order valence-corrected chi connectivity index (χ2v) is 18.0. The van der Waals surface area contributed by atoms with Gasteiger partial charge in [0.2, 0.25) is 0 Å². The third-order valence-corrected chi connectivity index (χ3v) is 14.6. The summed E-state index contributed by atoms with van der Waals surface area (Å²) in [4.78, 5) is 0. The normalized spacial score (nSPS) is 13.1. The third-order valence-electron chi connectivity index (χ3n) is 11.6. The van der Waals surface area contributed by atoms with Crippen molar-refractivity contribution >= 4 is 44.9 Å². The molecule has 8 aromatic carbocycles. The van der Waals surface area contributed by atoms with Crippen molar-refractivity contribution in [3.05, 3.63) is 205 Å². The van der Waals surface area contributed by atoms with Gasteiger partial charge in [-0.2, -0.15) is 5.26 Å². The number of para-hydroxylation sites is 1. The number of hydrogen-bond acceptors (Lipinski definition) is 3. The van der Waals surface area contributed by atoms with Crippen molar-refractivity contribution in [1.82, 2.24) is 4.57 Å². The molecule has 2 heterocycles. The summed E-state index contributed by atoms with van der Waals surface area (Å²) in [5, 5.41) is 14.4. The van der Waals surface area contributed by atoms with E-state index < -0.39 is 7.14 Å². The number of aromatic nitrogens is 1. The average Bonchev–Trinajstić information content (AvgIpc) is 3.60. The quantitative estimate of drug-likeness (QED) is 0.159. The molecule has 0 atom stereocenters. The Labute approximate surface area is 332 Å². The SMILES string of the molecule is CC1(C)c2cc(-c3ccc(P(=O)(c4ccccc4)c4ccccc4)cc3)ccc2Oc2ccc(-c3ccc4c(c3)c3cc(C#N)ccc3n4-c3ccccc3)cc21. The Balaban J connectivity index is 1.02. The molecule has 0 saturated heterocycles. The molecule has 0 bridgehead atoms. The first kappa shape index (κ1) is 34.6. The highest BCUT2D eigenvalue weighted by Crippen LogP contribution is 2.50. The van der Waals surface area contributed by atoms with Gasteiger partial charge in [-0.15, -0.1) is 0 Å². The van der Waals surface area contributed by atoms with Crippen LogP contribution in [0.2, 0.25) is 0 Å². The maximum absolute atomic E-state index is 15.0. The van der Waals surface area contributed by atoms with E-state index in [2.05, 4.69) is 115 Å². The molecule has 1 aliphatic rings. The second kappa shape index (κ2) is 13.4. The van der Waals surface area contributed by atoms with Crippen LogP contribution in [0.3, 0.4) is 0 Å². The fraction of sp³-hybridized carbons (Fsp3) is 0.0577. The second-order valence-electron chi connectivity index (χ2n) is 15.2. The number of benzene rings is 8. The van der Waals surface area contributed by atoms with Gasteiger partial charge in [0.25, 0.3) is 0 Å². The molecule has 0 saturated carbocycles. The van der Waals surface area contributed by atoms with Crippen LogP contribution in [0.25, 0.3) is 49.7 Å². The highest BCUT2D eigenvalue weighted by atomic mass is 31.2. The zero-order valence-electron chi connectivity index (χ0n) is 31.6. The van der Waals surface area contributed by atoms with Crippen LogP contribution in [0, 0.1) is 11.3 Å². The van der Waals surface area contributed by atoms with Gasteiger partial charge in [-0.05, 0) is 89.0 Å². The maximum Gasteiger partial charge on any atom is 0.171 e. The molecule has 9 aromatic rings. The molecule has 4 nitrogen and oxygen atoms in total. The number of rotatable bonds is 6. The van der Waals surface area contributed by atoms with E-state index in [0.717, 1.165) is 88.3 Å². The fourth-order valence-electron chi connectivity index (χ4n) is 8.55. The van der Waals surface area contributed by atoms with Gasteiger partial charge in [0.05, 0.1) is 22.7 Å². The van der Waals surface area contributed by atoms with Crippen molar-refractivity contribution in [3.63, 3.8) is 0 Å². The van der Waals surface area contributed by atoms with Gasteiger partial charge in [-0.25, -0.2) is 0 Å². The summed E-state index contributed by atoms with van der Waals surface area (Å²) < 4.78 is 23.8. The van der Waals surface area contributed by atoms with Gasteiger partial charge in [-0.3, -0.25) is 0 Å². The number of ether oxygens (including phenoxy) is 1. The lowest BCUT2D eigenvalue weighted by Gasteiger charge is -2.35. The molecule has 0 spiro atoms. The van der Waals surface area contributed by atoms with Crippen molar-refractivity contribution < 1.29 is 9.30 Å². The molecule has 0 amide bonds. The van der Waals surface area contributed by atoms with Crippen LogP contribution >= 0.6 is 7.14 Å². The van der Waals surface area contributed by atoms with Crippen LogP contribution in [-0.2, 0) is 9.98 Å². The first-order chi connectivity index (χ1) is 27.8. The van der Waals surface area contributed by atoms with E-state index in [4.69, 9.17) is 4.74 Å². The topological polar surface area (TPSA) is 55.0 Å². The number of fused-ring (bicyclic) bond motifs is 5. The predicted molar refractivity (Wildman–Crippen MR) is 234 cm³/mol. The highest BCUT2D eigenvalue weighted by Gasteiger charge is 2.35. The Bertz CT molecular complexity index is 3050. The number of nitriles is 1. The summed E-state index contributed by atoms with van der Waals surface area (Å²) >= 11 is 0. The van der Waals surface area contributed by atoms with Crippen LogP contribution < -0.4 is 20.7 Å². The summed E-state index contributed by atoms with van der Waals surface area (Å²) in [5.74, 6) is 1.70. The van der Waals surface area contributed by atoms with E-state index in [0.29, 0.717) is 5.56 Å². The third kappa shape index (κ3) is 5.62. The Morgan fingerprint density at radius 2 is 0.965 bits per heavy atom. The molecule has 0 unspecified atom stereocenters. The van der Waals surface area contributed by atoms with Crippen molar-refractivity contribution in [2.24, 2.45) is 0 Å². The van der Waals surface area contributed by atoms with E-state index in [1.54, 1.807) is 0 Å². The van der Waals surface area contributed by atoms with Crippen LogP contribution in [0.15, 0.2) is 188 Å². The molecule has 0 radical (unpaired) electrons. The zero-order valence-corrected chi connectivity index (χ0v) is 32.5. The van der Waals surface area contributed by atoms with Crippen LogP contribution in [0.5, 0.6) is 11.5 Å². The molecule has 1 aliphatic heterocycles. The Hall–Kier alpha value is -6.92. The summed E-state index contributed by atoms with van der Waals surface area (Å²) in [7, 11) is -3.07. The Kier molecular flexibility index (Phi) is 8.11. The first-order valence-electron chi connectivity index (χ1n) is 19.2. The van der Waals surface area contributed by atoms with Crippen molar-refractivity contribution in [2.75, 3.05) is 0 Å². The molecule has 0 fully saturated rings. The van der Waals surface area contributed by atoms with Crippen LogP contribution in [0.1, 0.15) is 30.5 Å². The minimum Gasteiger partial charge on any atom is -0.457 e. The van der Waals surface area contributed by atoms with Gasteiger partial charge < -0.3 is 13.9 Å². The monoisotopic (exact) mass is 752 g/mol. The Morgan fingerprint density at radius 1 is 0.509 bits per heavy atom. The predicted octanol–water partition coefficient (Wildman–Crippen LogP) is 12.1. The average molecular weight is 753 g/mol. The summed E-state index contributed by atoms with van der Waals surface area (Å²) in [5.41, 5.74) is 10.1. The number of hydrogen-bond donors (Lipinski definition) is 0. The molecule has 0 aliphatic carbocycles. The molecule has 1 aromatic heterocycles. The molecule has 57 heavy (non-hydrogen) atoms. The van der Waals surface area contributed by atoms with E-state index in [9.17, 15) is 9.83 Å². The van der Waals surface area contributed by atoms with Crippen LogP contribution in [-0.4, -0.2) is 4.57 Å². The smallest absolute Gasteiger partial charge is 0.171 e. The highest BCUT2D eigenvalue weighted by molar-refractivity contribution is 7.85. The van der Waals surface area contributed by atoms with Crippen molar-refractivity contribution in [3.8, 4) is 45.5 Å². The lowest BCUT2D eigenvalue weighted by Crippen LogP contribution is -2.25. The zero-order chi connectivity index (χ0) is 38.7. The van der Waals surface area contributed by atoms with Crippen molar-refractivity contribution in [2.45, 2.75) is 19.3 Å². The minimum absolute atomic E-state index is 0.361. The van der Waals surface area contributed by atoms with E-state index in [1.807, 2.05) is 97.1 Å². The minimum atomic E-state index is -3.07. The van der Waals surface area contributed by atoms with Crippen molar-refractivity contribution in [1.29, 1.82) is 5.26 Å². The van der Waals surface area contributed by atoms with Crippen LogP contribution in [0.4, 0.5) is 0 Å². The molecule has 5 heteroatoms. The standard InChI is InChI=1S/C52H37N2O2P/c1-52(2)46-32-38(36-19-24-43(25-20-36)57(55,41-14-8-4-9-15-41)42-16-10-5-11-17-42)22-28-50(46)56-51-29-23-39(33-47(51)52)37-21-27-49-45(31-37)44-30-35(34-53)18-26-48(44)54(49)40-12-6-3-7-13-40/h3-33H,1-2H3. The lowest BCUT2D eigenvalue weighted by atomic mass is 9.74. The molecule has 272 valence electrons. The summed E-state index contributed by atoms with van der Waals surface area (Å²) in [6.45, 7) is 4.53. The van der Waals surface area contributed by atoms with E-state index >= 15 is 0 Å². The van der Waals surface area contributed by atoms with E-state index in [-0.39, 0.29) is 5.41 Å². The molecular formula is C52H37N2O2P. The summed E-state index contributed by atoms with van der Waals surface area (Å²) in [6.07, 6.45) is 0. The maximum atomic E-state index is 15.0.